The maximum atomic E-state index is 12.3. The van der Waals surface area contributed by atoms with Gasteiger partial charge in [0.15, 0.2) is 5.78 Å². The Morgan fingerprint density at radius 3 is 2.19 bits per heavy atom. The lowest BCUT2D eigenvalue weighted by atomic mass is 10.0. The van der Waals surface area contributed by atoms with Crippen LogP contribution in [-0.4, -0.2) is 24.0 Å². The Balaban J connectivity index is 2.45. The zero-order valence-electron chi connectivity index (χ0n) is 10.9. The molecule has 2 aromatic carbocycles. The number of aromatic carboxylic acids is 1. The molecule has 4 nitrogen and oxygen atoms in total. The molecule has 0 atom stereocenters. The number of methoxy groups -OCH3 is 1. The third-order valence-corrected chi connectivity index (χ3v) is 3.68. The first kappa shape index (κ1) is 15.4. The Labute approximate surface area is 130 Å². The molecule has 1 N–H and O–H groups in total. The van der Waals surface area contributed by atoms with E-state index in [2.05, 4.69) is 0 Å². The molecule has 21 heavy (non-hydrogen) atoms. The van der Waals surface area contributed by atoms with Crippen molar-refractivity contribution in [2.75, 3.05) is 7.11 Å². The van der Waals surface area contributed by atoms with Crippen LogP contribution in [-0.2, 0) is 0 Å². The van der Waals surface area contributed by atoms with E-state index in [1.165, 1.54) is 19.2 Å². The summed E-state index contributed by atoms with van der Waals surface area (Å²) in [6.07, 6.45) is 0. The maximum absolute atomic E-state index is 12.3. The second-order valence-corrected chi connectivity index (χ2v) is 4.97. The summed E-state index contributed by atoms with van der Waals surface area (Å²) >= 11 is 11.7. The summed E-state index contributed by atoms with van der Waals surface area (Å²) in [7, 11) is 1.52. The first-order chi connectivity index (χ1) is 9.93. The molecule has 0 fully saturated rings. The normalized spacial score (nSPS) is 10.2. The van der Waals surface area contributed by atoms with Crippen molar-refractivity contribution in [2.45, 2.75) is 0 Å². The molecule has 0 aromatic heterocycles. The first-order valence-electron chi connectivity index (χ1n) is 5.85. The number of ketones is 1. The van der Waals surface area contributed by atoms with Crippen LogP contribution in [0.1, 0.15) is 26.3 Å². The highest BCUT2D eigenvalue weighted by Gasteiger charge is 2.18. The van der Waals surface area contributed by atoms with E-state index in [1.807, 2.05) is 0 Å². The van der Waals surface area contributed by atoms with Gasteiger partial charge >= 0.3 is 5.97 Å². The van der Waals surface area contributed by atoms with Gasteiger partial charge in [0.05, 0.1) is 22.7 Å². The Morgan fingerprint density at radius 1 is 1.05 bits per heavy atom. The minimum Gasteiger partial charge on any atom is -0.497 e. The summed E-state index contributed by atoms with van der Waals surface area (Å²) in [5.74, 6) is -0.975. The molecule has 2 aromatic rings. The van der Waals surface area contributed by atoms with E-state index in [9.17, 15) is 9.59 Å². The number of halogens is 2. The SMILES string of the molecule is COc1ccc(C(=O)c2cc(Cl)c(Cl)c(C(=O)O)c2)cc1. The Kier molecular flexibility index (Phi) is 4.50. The van der Waals surface area contributed by atoms with Crippen molar-refractivity contribution in [3.63, 3.8) is 0 Å². The highest BCUT2D eigenvalue weighted by Crippen LogP contribution is 2.29. The second kappa shape index (κ2) is 6.16. The third kappa shape index (κ3) is 3.17. The van der Waals surface area contributed by atoms with E-state index in [-0.39, 0.29) is 27.0 Å². The summed E-state index contributed by atoms with van der Waals surface area (Å²) in [6, 6.07) is 9.02. The van der Waals surface area contributed by atoms with Crippen LogP contribution >= 0.6 is 23.2 Å². The van der Waals surface area contributed by atoms with Crippen LogP contribution in [0, 0.1) is 0 Å². The fourth-order valence-corrected chi connectivity index (χ4v) is 2.19. The lowest BCUT2D eigenvalue weighted by molar-refractivity contribution is 0.0697. The molecule has 108 valence electrons. The number of rotatable bonds is 4. The smallest absolute Gasteiger partial charge is 0.337 e. The lowest BCUT2D eigenvalue weighted by Gasteiger charge is -2.07. The van der Waals surface area contributed by atoms with Crippen LogP contribution in [0.2, 0.25) is 10.0 Å². The highest BCUT2D eigenvalue weighted by molar-refractivity contribution is 6.44. The van der Waals surface area contributed by atoms with Gasteiger partial charge < -0.3 is 9.84 Å². The summed E-state index contributed by atoms with van der Waals surface area (Å²) in [5, 5.41) is 9.00. The van der Waals surface area contributed by atoms with Crippen LogP contribution in [0.3, 0.4) is 0 Å². The summed E-state index contributed by atoms with van der Waals surface area (Å²) in [5.41, 5.74) is 0.346. The quantitative estimate of drug-likeness (QED) is 0.865. The van der Waals surface area contributed by atoms with Crippen molar-refractivity contribution in [3.8, 4) is 5.75 Å². The van der Waals surface area contributed by atoms with Crippen molar-refractivity contribution in [1.29, 1.82) is 0 Å². The maximum Gasteiger partial charge on any atom is 0.337 e. The minimum atomic E-state index is -1.24. The number of benzene rings is 2. The molecule has 0 spiro atoms. The zero-order valence-corrected chi connectivity index (χ0v) is 12.4. The predicted molar refractivity (Wildman–Crippen MR) is 79.8 cm³/mol. The summed E-state index contributed by atoms with van der Waals surface area (Å²) in [4.78, 5) is 23.4. The molecular weight excluding hydrogens is 315 g/mol. The molecule has 0 aliphatic carbocycles. The Hall–Kier alpha value is -2.04. The number of hydrogen-bond donors (Lipinski definition) is 1. The van der Waals surface area contributed by atoms with Gasteiger partial charge in [-0.25, -0.2) is 4.79 Å². The van der Waals surface area contributed by atoms with Gasteiger partial charge in [-0.15, -0.1) is 0 Å². The van der Waals surface area contributed by atoms with Gasteiger partial charge in [0.1, 0.15) is 5.75 Å². The number of carboxylic acid groups (broad SMARTS) is 1. The van der Waals surface area contributed by atoms with E-state index in [0.29, 0.717) is 11.3 Å². The average molecular weight is 325 g/mol. The van der Waals surface area contributed by atoms with E-state index >= 15 is 0 Å². The molecule has 0 amide bonds. The van der Waals surface area contributed by atoms with Crippen molar-refractivity contribution in [1.82, 2.24) is 0 Å². The molecule has 0 heterocycles. The van der Waals surface area contributed by atoms with Gasteiger partial charge in [0.25, 0.3) is 0 Å². The van der Waals surface area contributed by atoms with Crippen LogP contribution in [0.15, 0.2) is 36.4 Å². The fraction of sp³-hybridized carbons (Fsp3) is 0.0667. The van der Waals surface area contributed by atoms with Gasteiger partial charge in [0.2, 0.25) is 0 Å². The van der Waals surface area contributed by atoms with Gasteiger partial charge in [-0.2, -0.15) is 0 Å². The molecular formula is C15H10Cl2O4. The summed E-state index contributed by atoms with van der Waals surface area (Å²) < 4.78 is 5.01. The van der Waals surface area contributed by atoms with Crippen molar-refractivity contribution in [3.05, 3.63) is 63.1 Å². The van der Waals surface area contributed by atoms with Gasteiger partial charge in [-0.05, 0) is 36.4 Å². The van der Waals surface area contributed by atoms with E-state index in [1.54, 1.807) is 24.3 Å². The number of hydrogen-bond acceptors (Lipinski definition) is 3. The summed E-state index contributed by atoms with van der Waals surface area (Å²) in [6.45, 7) is 0. The number of carbonyl (C=O) groups excluding carboxylic acids is 1. The lowest BCUT2D eigenvalue weighted by Crippen LogP contribution is -2.05. The van der Waals surface area contributed by atoms with Crippen LogP contribution < -0.4 is 4.74 Å². The standard InChI is InChI=1S/C15H10Cl2O4/c1-21-10-4-2-8(3-5-10)14(18)9-6-11(15(19)20)13(17)12(16)7-9/h2-7H,1H3,(H,19,20). The molecule has 0 saturated carbocycles. The Morgan fingerprint density at radius 2 is 1.67 bits per heavy atom. The third-order valence-electron chi connectivity index (χ3n) is 2.87. The monoisotopic (exact) mass is 324 g/mol. The first-order valence-corrected chi connectivity index (χ1v) is 6.60. The van der Waals surface area contributed by atoms with Crippen LogP contribution in [0.4, 0.5) is 0 Å². The second-order valence-electron chi connectivity index (χ2n) is 4.18. The number of carbonyl (C=O) groups is 2. The van der Waals surface area contributed by atoms with Crippen LogP contribution in [0.25, 0.3) is 0 Å². The van der Waals surface area contributed by atoms with Gasteiger partial charge in [0, 0.05) is 11.1 Å². The number of carboxylic acids is 1. The highest BCUT2D eigenvalue weighted by atomic mass is 35.5. The molecule has 0 radical (unpaired) electrons. The Bertz CT molecular complexity index is 708. The molecule has 0 saturated heterocycles. The minimum absolute atomic E-state index is 0.0217. The number of ether oxygens (including phenoxy) is 1. The zero-order chi connectivity index (χ0) is 15.6. The van der Waals surface area contributed by atoms with Crippen molar-refractivity contribution < 1.29 is 19.4 Å². The molecule has 0 aliphatic heterocycles. The largest absolute Gasteiger partial charge is 0.497 e. The van der Waals surface area contributed by atoms with Crippen LogP contribution in [0.5, 0.6) is 5.75 Å². The van der Waals surface area contributed by atoms with E-state index < -0.39 is 5.97 Å². The van der Waals surface area contributed by atoms with E-state index in [4.69, 9.17) is 33.0 Å². The van der Waals surface area contributed by atoms with Crippen molar-refractivity contribution in [2.24, 2.45) is 0 Å². The average Bonchev–Trinajstić information content (AvgIpc) is 2.49. The molecule has 0 aliphatic rings. The fourth-order valence-electron chi connectivity index (χ4n) is 1.78. The van der Waals surface area contributed by atoms with E-state index in [0.717, 1.165) is 0 Å². The molecule has 0 unspecified atom stereocenters. The molecule has 2 rings (SSSR count). The van der Waals surface area contributed by atoms with Gasteiger partial charge in [-0.1, -0.05) is 23.2 Å². The topological polar surface area (TPSA) is 63.6 Å². The molecule has 0 bridgehead atoms. The van der Waals surface area contributed by atoms with Gasteiger partial charge in [-0.3, -0.25) is 4.79 Å². The predicted octanol–water partition coefficient (Wildman–Crippen LogP) is 3.93. The van der Waals surface area contributed by atoms with Crippen molar-refractivity contribution >= 4 is 35.0 Å². The molecule has 6 heteroatoms.